The van der Waals surface area contributed by atoms with E-state index < -0.39 is 0 Å². The van der Waals surface area contributed by atoms with Crippen LogP contribution < -0.4 is 11.5 Å². The minimum absolute atomic E-state index is 0.772. The van der Waals surface area contributed by atoms with Crippen LogP contribution in [0.1, 0.15) is 0 Å². The fraction of sp³-hybridized carbons (Fsp3) is 0. The average Bonchev–Trinajstić information content (AvgIpc) is 2.44. The molecule has 0 aliphatic heterocycles. The number of para-hydroxylation sites is 2. The summed E-state index contributed by atoms with van der Waals surface area (Å²) in [6.45, 7) is 3.76. The fourth-order valence-corrected chi connectivity index (χ4v) is 3.68. The molecule has 2 aromatic carbocycles. The first kappa shape index (κ1) is 14.6. The topological polar surface area (TPSA) is 52.0 Å². The minimum Gasteiger partial charge on any atom is -0.398 e. The summed E-state index contributed by atoms with van der Waals surface area (Å²) in [7, 11) is 0. The molecule has 0 fully saturated rings. The zero-order valence-corrected chi connectivity index (χ0v) is 12.6. The van der Waals surface area contributed by atoms with Gasteiger partial charge in [0.15, 0.2) is 0 Å². The van der Waals surface area contributed by atoms with E-state index in [4.69, 9.17) is 11.5 Å². The van der Waals surface area contributed by atoms with Crippen LogP contribution in [-0.4, -0.2) is 0 Å². The number of anilines is 2. The molecule has 20 heavy (non-hydrogen) atoms. The lowest BCUT2D eigenvalue weighted by atomic mass is 10.3. The molecule has 4 heteroatoms. The summed E-state index contributed by atoms with van der Waals surface area (Å²) in [4.78, 5) is 2.06. The Balaban J connectivity index is 2.21. The van der Waals surface area contributed by atoms with Crippen LogP contribution in [0.2, 0.25) is 0 Å². The summed E-state index contributed by atoms with van der Waals surface area (Å²) in [5.74, 6) is 0. The van der Waals surface area contributed by atoms with E-state index in [0.717, 1.165) is 25.4 Å². The molecule has 0 aromatic heterocycles. The maximum Gasteiger partial charge on any atom is 0.0500 e. The van der Waals surface area contributed by atoms with E-state index >= 15 is 0 Å². The largest absolute Gasteiger partial charge is 0.398 e. The van der Waals surface area contributed by atoms with Gasteiger partial charge in [0, 0.05) is 25.4 Å². The molecule has 0 radical (unpaired) electrons. The van der Waals surface area contributed by atoms with Crippen LogP contribution >= 0.6 is 23.5 Å². The lowest BCUT2D eigenvalue weighted by Gasteiger charge is -2.10. The van der Waals surface area contributed by atoms with Crippen molar-refractivity contribution in [3.05, 3.63) is 71.5 Å². The minimum atomic E-state index is 0.772. The number of hydrogen-bond donors (Lipinski definition) is 2. The van der Waals surface area contributed by atoms with E-state index in [1.165, 1.54) is 0 Å². The van der Waals surface area contributed by atoms with Gasteiger partial charge in [0.1, 0.15) is 0 Å². The van der Waals surface area contributed by atoms with Gasteiger partial charge in [-0.05, 0) is 30.3 Å². The van der Waals surface area contributed by atoms with Gasteiger partial charge < -0.3 is 11.5 Å². The Morgan fingerprint density at radius 3 is 1.70 bits per heavy atom. The molecule has 0 heterocycles. The zero-order valence-electron chi connectivity index (χ0n) is 11.0. The van der Waals surface area contributed by atoms with Crippen LogP contribution in [0.3, 0.4) is 0 Å². The number of nitrogens with two attached hydrogens (primary N) is 2. The van der Waals surface area contributed by atoms with Crippen molar-refractivity contribution in [2.45, 2.75) is 9.79 Å². The predicted molar refractivity (Wildman–Crippen MR) is 91.7 cm³/mol. The van der Waals surface area contributed by atoms with Crippen LogP contribution in [0, 0.1) is 0 Å². The first-order valence-electron chi connectivity index (χ1n) is 6.08. The Labute approximate surface area is 127 Å². The molecule has 0 amide bonds. The third-order valence-corrected chi connectivity index (χ3v) is 4.87. The molecule has 2 rings (SSSR count). The lowest BCUT2D eigenvalue weighted by Crippen LogP contribution is -1.89. The number of thioether (sulfide) groups is 2. The zero-order chi connectivity index (χ0) is 14.4. The summed E-state index contributed by atoms with van der Waals surface area (Å²) in [5.41, 5.74) is 13.5. The van der Waals surface area contributed by atoms with Crippen molar-refractivity contribution in [2.75, 3.05) is 11.5 Å². The van der Waals surface area contributed by atoms with Gasteiger partial charge in [-0.3, -0.25) is 0 Å². The Morgan fingerprint density at radius 1 is 0.850 bits per heavy atom. The third kappa shape index (κ3) is 3.85. The quantitative estimate of drug-likeness (QED) is 0.475. The first-order valence-corrected chi connectivity index (χ1v) is 7.71. The van der Waals surface area contributed by atoms with Crippen molar-refractivity contribution in [3.8, 4) is 0 Å². The standard InChI is InChI=1S/C16H16N2S2/c1-2-7-16(19-14-10-5-3-8-12(14)17)20-15-11-6-4-9-13(15)18/h2-11H,1,17-18H2. The van der Waals surface area contributed by atoms with Crippen LogP contribution in [-0.2, 0) is 0 Å². The van der Waals surface area contributed by atoms with E-state index in [0.29, 0.717) is 0 Å². The van der Waals surface area contributed by atoms with Crippen LogP contribution in [0.4, 0.5) is 11.4 Å². The van der Waals surface area contributed by atoms with Crippen molar-refractivity contribution in [3.63, 3.8) is 0 Å². The van der Waals surface area contributed by atoms with Gasteiger partial charge in [0.05, 0.1) is 0 Å². The Kier molecular flexibility index (Phi) is 5.21. The summed E-state index contributed by atoms with van der Waals surface area (Å²) in [6.07, 6.45) is 3.74. The molecule has 0 aliphatic carbocycles. The Morgan fingerprint density at radius 2 is 1.30 bits per heavy atom. The molecule has 0 spiro atoms. The summed E-state index contributed by atoms with van der Waals surface area (Å²) >= 11 is 3.23. The molecule has 0 aliphatic rings. The molecule has 0 atom stereocenters. The summed E-state index contributed by atoms with van der Waals surface area (Å²) in [5, 5.41) is 0. The van der Waals surface area contributed by atoms with Crippen molar-refractivity contribution < 1.29 is 0 Å². The number of hydrogen-bond acceptors (Lipinski definition) is 4. The van der Waals surface area contributed by atoms with Crippen molar-refractivity contribution in [1.29, 1.82) is 0 Å². The monoisotopic (exact) mass is 300 g/mol. The second-order valence-corrected chi connectivity index (χ2v) is 6.43. The smallest absolute Gasteiger partial charge is 0.0500 e. The van der Waals surface area contributed by atoms with E-state index in [-0.39, 0.29) is 0 Å². The van der Waals surface area contributed by atoms with E-state index in [2.05, 4.69) is 6.58 Å². The van der Waals surface area contributed by atoms with Gasteiger partial charge in [-0.1, -0.05) is 60.4 Å². The number of rotatable bonds is 5. The lowest BCUT2D eigenvalue weighted by molar-refractivity contribution is 1.46. The van der Waals surface area contributed by atoms with Crippen LogP contribution in [0.15, 0.2) is 81.3 Å². The molecule has 4 N–H and O–H groups in total. The second kappa shape index (κ2) is 7.12. The van der Waals surface area contributed by atoms with Crippen molar-refractivity contribution in [2.24, 2.45) is 0 Å². The van der Waals surface area contributed by atoms with Gasteiger partial charge in [0.2, 0.25) is 0 Å². The van der Waals surface area contributed by atoms with Crippen molar-refractivity contribution in [1.82, 2.24) is 0 Å². The van der Waals surface area contributed by atoms with Gasteiger partial charge >= 0.3 is 0 Å². The highest BCUT2D eigenvalue weighted by atomic mass is 32.2. The van der Waals surface area contributed by atoms with Crippen LogP contribution in [0.25, 0.3) is 0 Å². The average molecular weight is 300 g/mol. The third-order valence-electron chi connectivity index (χ3n) is 2.51. The summed E-state index contributed by atoms with van der Waals surface area (Å²) in [6, 6.07) is 15.6. The number of allylic oxidation sites excluding steroid dienone is 2. The SMILES string of the molecule is C=CC=C(Sc1ccccc1N)Sc1ccccc1N. The molecule has 0 saturated carbocycles. The predicted octanol–water partition coefficient (Wildman–Crippen LogP) is 4.76. The fourth-order valence-electron chi connectivity index (χ4n) is 1.55. The molecule has 0 saturated heterocycles. The van der Waals surface area contributed by atoms with Gasteiger partial charge in [-0.15, -0.1) is 0 Å². The maximum atomic E-state index is 5.98. The van der Waals surface area contributed by atoms with E-state index in [1.54, 1.807) is 29.6 Å². The molecule has 0 unspecified atom stereocenters. The van der Waals surface area contributed by atoms with Gasteiger partial charge in [0.25, 0.3) is 0 Å². The van der Waals surface area contributed by atoms with E-state index in [9.17, 15) is 0 Å². The van der Waals surface area contributed by atoms with Crippen LogP contribution in [0.5, 0.6) is 0 Å². The normalized spacial score (nSPS) is 10.0. The second-order valence-electron chi connectivity index (χ2n) is 4.00. The van der Waals surface area contributed by atoms with Gasteiger partial charge in [-0.2, -0.15) is 0 Å². The Hall–Kier alpha value is -1.78. The molecule has 102 valence electrons. The number of nitrogen functional groups attached to an aromatic ring is 2. The maximum absolute atomic E-state index is 5.98. The highest BCUT2D eigenvalue weighted by Gasteiger charge is 2.07. The molecule has 0 bridgehead atoms. The molecule has 2 nitrogen and oxygen atoms in total. The Bertz CT molecular complexity index is 586. The molecular weight excluding hydrogens is 284 g/mol. The highest BCUT2D eigenvalue weighted by molar-refractivity contribution is 8.22. The highest BCUT2D eigenvalue weighted by Crippen LogP contribution is 2.42. The molecule has 2 aromatic rings. The van der Waals surface area contributed by atoms with E-state index in [1.807, 2.05) is 54.6 Å². The first-order chi connectivity index (χ1) is 9.70. The summed E-state index contributed by atoms with van der Waals surface area (Å²) < 4.78 is 1.08. The van der Waals surface area contributed by atoms with Gasteiger partial charge in [-0.25, -0.2) is 0 Å². The molecular formula is C16H16N2S2. The van der Waals surface area contributed by atoms with Crippen molar-refractivity contribution >= 4 is 34.9 Å². The number of benzene rings is 2.